The molecule has 14 heavy (non-hydrogen) atoms. The number of hydrogen-bond donors (Lipinski definition) is 0. The van der Waals surface area contributed by atoms with Gasteiger partial charge in [0.15, 0.2) is 0 Å². The van der Waals surface area contributed by atoms with Crippen LogP contribution in [0.1, 0.15) is 33.6 Å². The molecule has 1 aliphatic carbocycles. The van der Waals surface area contributed by atoms with Gasteiger partial charge >= 0.3 is 0 Å². The fraction of sp³-hybridized carbons (Fsp3) is 0.818. The Hall–Kier alpha value is -0.860. The molecule has 1 aliphatic heterocycles. The van der Waals surface area contributed by atoms with Gasteiger partial charge in [-0.1, -0.05) is 20.8 Å². The van der Waals surface area contributed by atoms with E-state index in [9.17, 15) is 9.59 Å². The van der Waals surface area contributed by atoms with Gasteiger partial charge in [-0.15, -0.1) is 0 Å². The Bertz CT molecular complexity index is 321. The van der Waals surface area contributed by atoms with Gasteiger partial charge in [0.25, 0.3) is 0 Å². The summed E-state index contributed by atoms with van der Waals surface area (Å²) in [7, 11) is 1.61. The van der Waals surface area contributed by atoms with Crippen LogP contribution in [0.2, 0.25) is 0 Å². The summed E-state index contributed by atoms with van der Waals surface area (Å²) in [4.78, 5) is 25.2. The number of hydrogen-bond acceptors (Lipinski definition) is 2. The van der Waals surface area contributed by atoms with Crippen molar-refractivity contribution in [2.24, 2.45) is 16.7 Å². The molecule has 1 saturated carbocycles. The van der Waals surface area contributed by atoms with E-state index in [1.165, 1.54) is 4.90 Å². The van der Waals surface area contributed by atoms with E-state index in [1.807, 2.05) is 20.8 Å². The molecule has 0 radical (unpaired) electrons. The second kappa shape index (κ2) is 2.38. The number of amides is 2. The zero-order chi connectivity index (χ0) is 10.7. The van der Waals surface area contributed by atoms with Crippen molar-refractivity contribution >= 4 is 11.8 Å². The van der Waals surface area contributed by atoms with Crippen LogP contribution in [-0.2, 0) is 9.59 Å². The number of carbonyl (C=O) groups excluding carboxylic acids is 2. The Morgan fingerprint density at radius 3 is 2.43 bits per heavy atom. The van der Waals surface area contributed by atoms with Gasteiger partial charge in [0.2, 0.25) is 11.8 Å². The van der Waals surface area contributed by atoms with E-state index in [0.717, 1.165) is 12.8 Å². The van der Waals surface area contributed by atoms with Crippen LogP contribution in [0.3, 0.4) is 0 Å². The molecule has 0 aromatic heterocycles. The lowest BCUT2D eigenvalue weighted by molar-refractivity contribution is -0.165. The van der Waals surface area contributed by atoms with Crippen molar-refractivity contribution in [2.75, 3.05) is 7.05 Å². The van der Waals surface area contributed by atoms with Crippen LogP contribution in [0.25, 0.3) is 0 Å². The standard InChI is InChI=1S/C11H17NO2/c1-10(2)7-5-6-11(10,3)9(14)12(4)8(7)13/h7H,5-6H2,1-4H3/t7-,11-/m0/s1. The summed E-state index contributed by atoms with van der Waals surface area (Å²) < 4.78 is 0. The van der Waals surface area contributed by atoms with Gasteiger partial charge in [-0.05, 0) is 18.3 Å². The summed E-state index contributed by atoms with van der Waals surface area (Å²) in [6.45, 7) is 6.10. The monoisotopic (exact) mass is 195 g/mol. The molecule has 0 spiro atoms. The fourth-order valence-corrected chi connectivity index (χ4v) is 3.02. The van der Waals surface area contributed by atoms with E-state index in [0.29, 0.717) is 0 Å². The Morgan fingerprint density at radius 1 is 1.29 bits per heavy atom. The molecule has 2 atom stereocenters. The first-order valence-electron chi connectivity index (χ1n) is 5.14. The van der Waals surface area contributed by atoms with Crippen molar-refractivity contribution in [1.82, 2.24) is 4.90 Å². The van der Waals surface area contributed by atoms with E-state index in [4.69, 9.17) is 0 Å². The topological polar surface area (TPSA) is 37.4 Å². The van der Waals surface area contributed by atoms with Crippen molar-refractivity contribution in [2.45, 2.75) is 33.6 Å². The summed E-state index contributed by atoms with van der Waals surface area (Å²) in [6, 6.07) is 0. The zero-order valence-corrected chi connectivity index (χ0v) is 9.26. The second-order valence-corrected chi connectivity index (χ2v) is 5.35. The maximum atomic E-state index is 12.0. The fourth-order valence-electron chi connectivity index (χ4n) is 3.02. The van der Waals surface area contributed by atoms with E-state index < -0.39 is 0 Å². The normalized spacial score (nSPS) is 40.6. The minimum absolute atomic E-state index is 0.00116. The number of imide groups is 1. The highest BCUT2D eigenvalue weighted by atomic mass is 16.2. The number of nitrogens with zero attached hydrogens (tertiary/aromatic N) is 1. The molecule has 0 N–H and O–H groups in total. The maximum absolute atomic E-state index is 12.0. The molecule has 0 unspecified atom stereocenters. The van der Waals surface area contributed by atoms with Crippen LogP contribution < -0.4 is 0 Å². The summed E-state index contributed by atoms with van der Waals surface area (Å²) in [5, 5.41) is 0. The average Bonchev–Trinajstić information content (AvgIpc) is 2.30. The van der Waals surface area contributed by atoms with E-state index in [2.05, 4.69) is 0 Å². The highest BCUT2D eigenvalue weighted by Crippen LogP contribution is 2.59. The first kappa shape index (κ1) is 9.69. The second-order valence-electron chi connectivity index (χ2n) is 5.35. The van der Waals surface area contributed by atoms with Crippen LogP contribution in [0.5, 0.6) is 0 Å². The molecule has 3 nitrogen and oxygen atoms in total. The summed E-state index contributed by atoms with van der Waals surface area (Å²) in [6.07, 6.45) is 1.71. The third-order valence-electron chi connectivity index (χ3n) is 4.63. The zero-order valence-electron chi connectivity index (χ0n) is 9.26. The summed E-state index contributed by atoms with van der Waals surface area (Å²) in [5.74, 6) is 0.0476. The molecule has 0 aromatic rings. The van der Waals surface area contributed by atoms with Gasteiger partial charge in [0.05, 0.1) is 5.41 Å². The maximum Gasteiger partial charge on any atom is 0.235 e. The number of carbonyl (C=O) groups is 2. The van der Waals surface area contributed by atoms with Gasteiger partial charge in [-0.25, -0.2) is 0 Å². The number of rotatable bonds is 0. The summed E-state index contributed by atoms with van der Waals surface area (Å²) in [5.41, 5.74) is -0.506. The average molecular weight is 195 g/mol. The van der Waals surface area contributed by atoms with Crippen LogP contribution in [-0.4, -0.2) is 23.8 Å². The Labute approximate surface area is 84.5 Å². The molecule has 3 heteroatoms. The van der Waals surface area contributed by atoms with Crippen LogP contribution in [0, 0.1) is 16.7 Å². The van der Waals surface area contributed by atoms with E-state index in [1.54, 1.807) is 7.05 Å². The first-order valence-corrected chi connectivity index (χ1v) is 5.14. The number of likely N-dealkylation sites (tertiary alicyclic amines) is 1. The van der Waals surface area contributed by atoms with Crippen LogP contribution >= 0.6 is 0 Å². The molecular weight excluding hydrogens is 178 g/mol. The third-order valence-corrected chi connectivity index (χ3v) is 4.63. The van der Waals surface area contributed by atoms with Gasteiger partial charge in [0.1, 0.15) is 0 Å². The lowest BCUT2D eigenvalue weighted by Gasteiger charge is -2.46. The molecule has 2 aliphatic rings. The van der Waals surface area contributed by atoms with Crippen molar-refractivity contribution in [3.63, 3.8) is 0 Å². The Balaban J connectivity index is 2.55. The van der Waals surface area contributed by atoms with Gasteiger partial charge < -0.3 is 0 Å². The number of piperidine rings is 1. The Morgan fingerprint density at radius 2 is 1.86 bits per heavy atom. The predicted octanol–water partition coefficient (Wildman–Crippen LogP) is 1.43. The third kappa shape index (κ3) is 0.787. The van der Waals surface area contributed by atoms with E-state index in [-0.39, 0.29) is 28.6 Å². The predicted molar refractivity (Wildman–Crippen MR) is 52.4 cm³/mol. The van der Waals surface area contributed by atoms with Gasteiger partial charge in [-0.3, -0.25) is 14.5 Å². The Kier molecular flexibility index (Phi) is 1.65. The number of fused-ring (bicyclic) bond motifs is 2. The smallest absolute Gasteiger partial charge is 0.235 e. The molecular formula is C11H17NO2. The molecule has 2 rings (SSSR count). The minimum Gasteiger partial charge on any atom is -0.285 e. The first-order chi connectivity index (χ1) is 6.32. The summed E-state index contributed by atoms with van der Waals surface area (Å²) >= 11 is 0. The molecule has 0 aromatic carbocycles. The SMILES string of the molecule is CN1C(=O)[C@@H]2CC[C@@](C)(C1=O)C2(C)C. The molecule has 1 saturated heterocycles. The highest BCUT2D eigenvalue weighted by Gasteiger charge is 2.63. The highest BCUT2D eigenvalue weighted by molar-refractivity contribution is 6.03. The van der Waals surface area contributed by atoms with Crippen molar-refractivity contribution in [1.29, 1.82) is 0 Å². The molecule has 2 amide bonds. The van der Waals surface area contributed by atoms with Crippen molar-refractivity contribution in [3.8, 4) is 0 Å². The largest absolute Gasteiger partial charge is 0.285 e. The van der Waals surface area contributed by atoms with Crippen LogP contribution in [0.4, 0.5) is 0 Å². The van der Waals surface area contributed by atoms with Crippen molar-refractivity contribution in [3.05, 3.63) is 0 Å². The van der Waals surface area contributed by atoms with Gasteiger partial charge in [0, 0.05) is 13.0 Å². The molecule has 1 heterocycles. The van der Waals surface area contributed by atoms with Crippen molar-refractivity contribution < 1.29 is 9.59 Å². The molecule has 2 fully saturated rings. The van der Waals surface area contributed by atoms with E-state index >= 15 is 0 Å². The molecule has 2 bridgehead atoms. The molecule has 78 valence electrons. The minimum atomic E-state index is -0.333. The lowest BCUT2D eigenvalue weighted by Crippen LogP contribution is -2.57. The van der Waals surface area contributed by atoms with Crippen LogP contribution in [0.15, 0.2) is 0 Å². The quantitative estimate of drug-likeness (QED) is 0.548. The van der Waals surface area contributed by atoms with Gasteiger partial charge in [-0.2, -0.15) is 0 Å². The lowest BCUT2D eigenvalue weighted by atomic mass is 9.62.